The number of anilines is 1. The first kappa shape index (κ1) is 12.8. The highest BCUT2D eigenvalue weighted by Gasteiger charge is 2.08. The SMILES string of the molecule is N#Cc1ccc(NC(=O)c2ccc3ccccc3n2)cc1. The number of pyridine rings is 1. The quantitative estimate of drug-likeness (QED) is 0.778. The molecule has 0 radical (unpaired) electrons. The van der Waals surface area contributed by atoms with Crippen LogP contribution in [0.15, 0.2) is 60.7 Å². The molecule has 1 aromatic heterocycles. The molecule has 0 unspecified atom stereocenters. The molecule has 1 heterocycles. The lowest BCUT2D eigenvalue weighted by atomic mass is 10.2. The zero-order valence-corrected chi connectivity index (χ0v) is 11.1. The number of para-hydroxylation sites is 1. The van der Waals surface area contributed by atoms with Crippen molar-refractivity contribution in [1.82, 2.24) is 4.98 Å². The van der Waals surface area contributed by atoms with Crippen molar-refractivity contribution in [3.05, 3.63) is 71.9 Å². The standard InChI is InChI=1S/C17H11N3O/c18-11-12-5-8-14(9-6-12)19-17(21)16-10-7-13-3-1-2-4-15(13)20-16/h1-10H,(H,19,21). The maximum atomic E-state index is 12.2. The first-order chi connectivity index (χ1) is 10.3. The third-order valence-electron chi connectivity index (χ3n) is 3.10. The zero-order chi connectivity index (χ0) is 14.7. The Hall–Kier alpha value is -3.19. The molecule has 4 heteroatoms. The molecular weight excluding hydrogens is 262 g/mol. The Kier molecular flexibility index (Phi) is 3.32. The molecule has 2 aromatic carbocycles. The van der Waals surface area contributed by atoms with Crippen LogP contribution in [-0.2, 0) is 0 Å². The van der Waals surface area contributed by atoms with Gasteiger partial charge in [-0.2, -0.15) is 5.26 Å². The van der Waals surface area contributed by atoms with Crippen molar-refractivity contribution in [2.24, 2.45) is 0 Å². The molecule has 0 spiro atoms. The first-order valence-corrected chi connectivity index (χ1v) is 6.43. The lowest BCUT2D eigenvalue weighted by Crippen LogP contribution is -2.13. The molecule has 4 nitrogen and oxygen atoms in total. The number of nitrogens with one attached hydrogen (secondary N) is 1. The number of rotatable bonds is 2. The van der Waals surface area contributed by atoms with Crippen LogP contribution in [0.25, 0.3) is 10.9 Å². The highest BCUT2D eigenvalue weighted by Crippen LogP contribution is 2.14. The van der Waals surface area contributed by atoms with Crippen molar-refractivity contribution < 1.29 is 4.79 Å². The van der Waals surface area contributed by atoms with Gasteiger partial charge in [0.15, 0.2) is 0 Å². The molecule has 21 heavy (non-hydrogen) atoms. The minimum Gasteiger partial charge on any atom is -0.321 e. The van der Waals surface area contributed by atoms with Gasteiger partial charge < -0.3 is 5.32 Å². The van der Waals surface area contributed by atoms with Crippen molar-refractivity contribution in [2.45, 2.75) is 0 Å². The van der Waals surface area contributed by atoms with Gasteiger partial charge in [0.1, 0.15) is 5.69 Å². The number of nitrogens with zero attached hydrogens (tertiary/aromatic N) is 2. The van der Waals surface area contributed by atoms with Crippen LogP contribution in [0.1, 0.15) is 16.1 Å². The lowest BCUT2D eigenvalue weighted by Gasteiger charge is -2.05. The molecular formula is C17H11N3O. The summed E-state index contributed by atoms with van der Waals surface area (Å²) < 4.78 is 0. The minimum atomic E-state index is -0.273. The number of nitriles is 1. The number of carbonyl (C=O) groups is 1. The molecule has 0 saturated carbocycles. The van der Waals surface area contributed by atoms with E-state index in [1.54, 1.807) is 30.3 Å². The van der Waals surface area contributed by atoms with Crippen molar-refractivity contribution in [3.8, 4) is 6.07 Å². The fraction of sp³-hybridized carbons (Fsp3) is 0. The highest BCUT2D eigenvalue weighted by atomic mass is 16.1. The molecule has 100 valence electrons. The second-order valence-corrected chi connectivity index (χ2v) is 4.53. The number of carbonyl (C=O) groups excluding carboxylic acids is 1. The number of benzene rings is 2. The van der Waals surface area contributed by atoms with Crippen LogP contribution in [0.5, 0.6) is 0 Å². The maximum Gasteiger partial charge on any atom is 0.274 e. The van der Waals surface area contributed by atoms with Crippen molar-refractivity contribution in [2.75, 3.05) is 5.32 Å². The van der Waals surface area contributed by atoms with Gasteiger partial charge in [0.25, 0.3) is 5.91 Å². The molecule has 0 aliphatic heterocycles. The van der Waals surface area contributed by atoms with Gasteiger partial charge in [-0.3, -0.25) is 4.79 Å². The smallest absolute Gasteiger partial charge is 0.274 e. The molecule has 0 bridgehead atoms. The predicted octanol–water partition coefficient (Wildman–Crippen LogP) is 3.36. The Balaban J connectivity index is 1.84. The van der Waals surface area contributed by atoms with Crippen LogP contribution in [-0.4, -0.2) is 10.9 Å². The van der Waals surface area contributed by atoms with Gasteiger partial charge in [-0.05, 0) is 36.4 Å². The second kappa shape index (κ2) is 5.43. The topological polar surface area (TPSA) is 65.8 Å². The summed E-state index contributed by atoms with van der Waals surface area (Å²) in [4.78, 5) is 16.5. The van der Waals surface area contributed by atoms with E-state index in [1.807, 2.05) is 36.4 Å². The molecule has 0 aliphatic rings. The van der Waals surface area contributed by atoms with Crippen molar-refractivity contribution in [3.63, 3.8) is 0 Å². The normalized spacial score (nSPS) is 10.0. The Morgan fingerprint density at radius 2 is 1.76 bits per heavy atom. The van der Waals surface area contributed by atoms with Gasteiger partial charge in [-0.25, -0.2) is 4.98 Å². The third-order valence-corrected chi connectivity index (χ3v) is 3.10. The maximum absolute atomic E-state index is 12.2. The fourth-order valence-electron chi connectivity index (χ4n) is 2.02. The lowest BCUT2D eigenvalue weighted by molar-refractivity contribution is 0.102. The molecule has 1 amide bonds. The van der Waals surface area contributed by atoms with E-state index in [0.717, 1.165) is 10.9 Å². The molecule has 0 aliphatic carbocycles. The Morgan fingerprint density at radius 3 is 2.52 bits per heavy atom. The van der Waals surface area contributed by atoms with Gasteiger partial charge in [0.2, 0.25) is 0 Å². The van der Waals surface area contributed by atoms with Crippen LogP contribution in [0.2, 0.25) is 0 Å². The average Bonchev–Trinajstić information content (AvgIpc) is 2.55. The molecule has 3 aromatic rings. The summed E-state index contributed by atoms with van der Waals surface area (Å²) in [5, 5.41) is 12.5. The summed E-state index contributed by atoms with van der Waals surface area (Å²) in [6.45, 7) is 0. The summed E-state index contributed by atoms with van der Waals surface area (Å²) in [6.07, 6.45) is 0. The summed E-state index contributed by atoms with van der Waals surface area (Å²) in [6, 6.07) is 19.9. The summed E-state index contributed by atoms with van der Waals surface area (Å²) in [5.74, 6) is -0.273. The van der Waals surface area contributed by atoms with E-state index in [9.17, 15) is 4.79 Å². The van der Waals surface area contributed by atoms with Gasteiger partial charge in [0, 0.05) is 11.1 Å². The van der Waals surface area contributed by atoms with E-state index in [1.165, 1.54) is 0 Å². The van der Waals surface area contributed by atoms with Crippen molar-refractivity contribution in [1.29, 1.82) is 5.26 Å². The Morgan fingerprint density at radius 1 is 1.00 bits per heavy atom. The van der Waals surface area contributed by atoms with Gasteiger partial charge in [-0.1, -0.05) is 24.3 Å². The summed E-state index contributed by atoms with van der Waals surface area (Å²) in [7, 11) is 0. The Labute approximate surface area is 121 Å². The number of amides is 1. The average molecular weight is 273 g/mol. The van der Waals surface area contributed by atoms with Crippen molar-refractivity contribution >= 4 is 22.5 Å². The number of fused-ring (bicyclic) bond motifs is 1. The van der Waals surface area contributed by atoms with Crippen LogP contribution in [0.4, 0.5) is 5.69 Å². The first-order valence-electron chi connectivity index (χ1n) is 6.43. The van der Waals surface area contributed by atoms with Crippen LogP contribution >= 0.6 is 0 Å². The van der Waals surface area contributed by atoms with E-state index in [-0.39, 0.29) is 5.91 Å². The van der Waals surface area contributed by atoms with Crippen LogP contribution in [0.3, 0.4) is 0 Å². The summed E-state index contributed by atoms with van der Waals surface area (Å²) in [5.41, 5.74) is 2.33. The zero-order valence-electron chi connectivity index (χ0n) is 11.1. The fourth-order valence-corrected chi connectivity index (χ4v) is 2.02. The molecule has 0 saturated heterocycles. The van der Waals surface area contributed by atoms with E-state index >= 15 is 0 Å². The second-order valence-electron chi connectivity index (χ2n) is 4.53. The van der Waals surface area contributed by atoms with Gasteiger partial charge >= 0.3 is 0 Å². The molecule has 1 N–H and O–H groups in total. The number of aromatic nitrogens is 1. The van der Waals surface area contributed by atoms with E-state index in [0.29, 0.717) is 16.9 Å². The Bertz CT molecular complexity index is 848. The number of hydrogen-bond donors (Lipinski definition) is 1. The minimum absolute atomic E-state index is 0.273. The monoisotopic (exact) mass is 273 g/mol. The van der Waals surface area contributed by atoms with Crippen LogP contribution in [0, 0.1) is 11.3 Å². The predicted molar refractivity (Wildman–Crippen MR) is 80.9 cm³/mol. The number of hydrogen-bond acceptors (Lipinski definition) is 3. The molecule has 0 fully saturated rings. The van der Waals surface area contributed by atoms with Crippen LogP contribution < -0.4 is 5.32 Å². The third kappa shape index (κ3) is 2.72. The van der Waals surface area contributed by atoms with Gasteiger partial charge in [-0.15, -0.1) is 0 Å². The van der Waals surface area contributed by atoms with Gasteiger partial charge in [0.05, 0.1) is 17.1 Å². The van der Waals surface area contributed by atoms with E-state index < -0.39 is 0 Å². The molecule has 0 atom stereocenters. The van der Waals surface area contributed by atoms with E-state index in [4.69, 9.17) is 5.26 Å². The molecule has 3 rings (SSSR count). The highest BCUT2D eigenvalue weighted by molar-refractivity contribution is 6.04. The largest absolute Gasteiger partial charge is 0.321 e. The van der Waals surface area contributed by atoms with E-state index in [2.05, 4.69) is 10.3 Å². The summed E-state index contributed by atoms with van der Waals surface area (Å²) >= 11 is 0.